The Hall–Kier alpha value is -1.71. The highest BCUT2D eigenvalue weighted by Crippen LogP contribution is 2.23. The molecule has 0 atom stereocenters. The first-order valence-electron chi connectivity index (χ1n) is 9.16. The van der Waals surface area contributed by atoms with Gasteiger partial charge in [-0.3, -0.25) is 9.88 Å². The number of pyridine rings is 1. The number of unbranched alkanes of at least 4 members (excludes halogenated alkanes) is 1. The molecule has 0 saturated heterocycles. The van der Waals surface area contributed by atoms with Crippen LogP contribution in [0.1, 0.15) is 42.1 Å². The highest BCUT2D eigenvalue weighted by atomic mass is 15.1. The van der Waals surface area contributed by atoms with Crippen LogP contribution in [0.5, 0.6) is 0 Å². The summed E-state index contributed by atoms with van der Waals surface area (Å²) in [7, 11) is 2.21. The van der Waals surface area contributed by atoms with Gasteiger partial charge in [0, 0.05) is 32.4 Å². The smallest absolute Gasteiger partial charge is 0.0579 e. The van der Waals surface area contributed by atoms with Gasteiger partial charge in [-0.2, -0.15) is 0 Å². The number of fused-ring (bicyclic) bond motifs is 1. The summed E-state index contributed by atoms with van der Waals surface area (Å²) < 4.78 is 0. The van der Waals surface area contributed by atoms with Crippen molar-refractivity contribution in [2.24, 2.45) is 0 Å². The van der Waals surface area contributed by atoms with Crippen LogP contribution < -0.4 is 0 Å². The quantitative estimate of drug-likeness (QED) is 0.771. The van der Waals surface area contributed by atoms with Gasteiger partial charge in [-0.15, -0.1) is 0 Å². The zero-order valence-corrected chi connectivity index (χ0v) is 15.0. The maximum absolute atomic E-state index is 4.69. The van der Waals surface area contributed by atoms with Crippen LogP contribution in [0.25, 0.3) is 0 Å². The Bertz CT molecular complexity index is 639. The maximum Gasteiger partial charge on any atom is 0.0579 e. The van der Waals surface area contributed by atoms with Crippen molar-refractivity contribution in [3.05, 3.63) is 65.0 Å². The molecular formula is C21H29N3. The summed E-state index contributed by atoms with van der Waals surface area (Å²) in [6.07, 6.45) is 5.62. The zero-order valence-electron chi connectivity index (χ0n) is 15.0. The molecule has 128 valence electrons. The van der Waals surface area contributed by atoms with Gasteiger partial charge in [0.25, 0.3) is 0 Å². The molecule has 3 rings (SSSR count). The molecule has 0 amide bonds. The van der Waals surface area contributed by atoms with Gasteiger partial charge in [0.2, 0.25) is 0 Å². The van der Waals surface area contributed by atoms with Crippen molar-refractivity contribution in [3.63, 3.8) is 0 Å². The van der Waals surface area contributed by atoms with Crippen LogP contribution >= 0.6 is 0 Å². The fourth-order valence-corrected chi connectivity index (χ4v) is 3.50. The molecule has 1 aromatic heterocycles. The number of hydrogen-bond acceptors (Lipinski definition) is 3. The fourth-order valence-electron chi connectivity index (χ4n) is 3.50. The van der Waals surface area contributed by atoms with E-state index in [-0.39, 0.29) is 0 Å². The summed E-state index contributed by atoms with van der Waals surface area (Å²) in [4.78, 5) is 9.64. The van der Waals surface area contributed by atoms with Gasteiger partial charge in [-0.1, -0.05) is 43.7 Å². The second-order valence-electron chi connectivity index (χ2n) is 6.93. The van der Waals surface area contributed by atoms with Gasteiger partial charge in [-0.05, 0) is 49.2 Å². The molecule has 3 nitrogen and oxygen atoms in total. The summed E-state index contributed by atoms with van der Waals surface area (Å²) in [5, 5.41) is 0. The largest absolute Gasteiger partial charge is 0.301 e. The lowest BCUT2D eigenvalue weighted by Crippen LogP contribution is -2.31. The minimum atomic E-state index is 0.974. The van der Waals surface area contributed by atoms with Crippen molar-refractivity contribution in [1.82, 2.24) is 14.8 Å². The van der Waals surface area contributed by atoms with E-state index in [2.05, 4.69) is 65.2 Å². The minimum Gasteiger partial charge on any atom is -0.301 e. The van der Waals surface area contributed by atoms with Crippen LogP contribution in [0, 0.1) is 0 Å². The Labute approximate surface area is 146 Å². The van der Waals surface area contributed by atoms with E-state index in [1.807, 2.05) is 6.20 Å². The standard InChI is InChI=1S/C21H29N3/c1-3-4-13-23(2)17-21-20-11-14-24(16-19(20)10-12-22-21)15-18-8-6-5-7-9-18/h5-10,12H,3-4,11,13-17H2,1-2H3. The molecule has 2 heterocycles. The lowest BCUT2D eigenvalue weighted by Gasteiger charge is -2.30. The van der Waals surface area contributed by atoms with Gasteiger partial charge < -0.3 is 4.90 Å². The third-order valence-electron chi connectivity index (χ3n) is 4.88. The fraction of sp³-hybridized carbons (Fsp3) is 0.476. The molecule has 24 heavy (non-hydrogen) atoms. The molecular weight excluding hydrogens is 294 g/mol. The van der Waals surface area contributed by atoms with Crippen molar-refractivity contribution in [2.75, 3.05) is 20.1 Å². The second-order valence-corrected chi connectivity index (χ2v) is 6.93. The van der Waals surface area contributed by atoms with Crippen molar-refractivity contribution in [3.8, 4) is 0 Å². The zero-order chi connectivity index (χ0) is 16.8. The number of benzene rings is 1. The molecule has 1 aliphatic rings. The summed E-state index contributed by atoms with van der Waals surface area (Å²) in [5.41, 5.74) is 5.64. The summed E-state index contributed by atoms with van der Waals surface area (Å²) in [5.74, 6) is 0. The first-order chi connectivity index (χ1) is 11.8. The molecule has 2 aromatic rings. The van der Waals surface area contributed by atoms with E-state index in [1.165, 1.54) is 35.2 Å². The van der Waals surface area contributed by atoms with Crippen LogP contribution in [0.3, 0.4) is 0 Å². The van der Waals surface area contributed by atoms with Crippen molar-refractivity contribution < 1.29 is 0 Å². The van der Waals surface area contributed by atoms with Crippen LogP contribution in [-0.2, 0) is 26.1 Å². The van der Waals surface area contributed by atoms with E-state index < -0.39 is 0 Å². The Morgan fingerprint density at radius 2 is 2.00 bits per heavy atom. The highest BCUT2D eigenvalue weighted by Gasteiger charge is 2.20. The van der Waals surface area contributed by atoms with E-state index in [9.17, 15) is 0 Å². The molecule has 0 aliphatic carbocycles. The molecule has 3 heteroatoms. The topological polar surface area (TPSA) is 19.4 Å². The molecule has 0 saturated carbocycles. The van der Waals surface area contributed by atoms with Gasteiger partial charge >= 0.3 is 0 Å². The normalized spacial score (nSPS) is 14.8. The van der Waals surface area contributed by atoms with Crippen molar-refractivity contribution in [1.29, 1.82) is 0 Å². The lowest BCUT2D eigenvalue weighted by molar-refractivity contribution is 0.242. The first kappa shape index (κ1) is 17.1. The third-order valence-corrected chi connectivity index (χ3v) is 4.88. The third kappa shape index (κ3) is 4.43. The average Bonchev–Trinajstić information content (AvgIpc) is 2.61. The van der Waals surface area contributed by atoms with Gasteiger partial charge in [0.1, 0.15) is 0 Å². The number of hydrogen-bond donors (Lipinski definition) is 0. The van der Waals surface area contributed by atoms with Crippen molar-refractivity contribution >= 4 is 0 Å². The summed E-state index contributed by atoms with van der Waals surface area (Å²) >= 11 is 0. The number of nitrogens with zero attached hydrogens (tertiary/aromatic N) is 3. The maximum atomic E-state index is 4.69. The molecule has 0 fully saturated rings. The van der Waals surface area contributed by atoms with Gasteiger partial charge in [-0.25, -0.2) is 0 Å². The van der Waals surface area contributed by atoms with Crippen LogP contribution in [0.4, 0.5) is 0 Å². The van der Waals surface area contributed by atoms with Gasteiger partial charge in [0.15, 0.2) is 0 Å². The van der Waals surface area contributed by atoms with Gasteiger partial charge in [0.05, 0.1) is 5.69 Å². The molecule has 1 aliphatic heterocycles. The molecule has 0 spiro atoms. The predicted molar refractivity (Wildman–Crippen MR) is 99.7 cm³/mol. The van der Waals surface area contributed by atoms with Crippen LogP contribution in [0.2, 0.25) is 0 Å². The number of aromatic nitrogens is 1. The van der Waals surface area contributed by atoms with E-state index in [1.54, 1.807) is 0 Å². The van der Waals surface area contributed by atoms with Crippen molar-refractivity contribution in [2.45, 2.75) is 45.8 Å². The second kappa shape index (κ2) is 8.41. The predicted octanol–water partition coefficient (Wildman–Crippen LogP) is 3.87. The summed E-state index contributed by atoms with van der Waals surface area (Å²) in [6.45, 7) is 7.58. The van der Waals surface area contributed by atoms with E-state index >= 15 is 0 Å². The Kier molecular flexibility index (Phi) is 6.00. The first-order valence-corrected chi connectivity index (χ1v) is 9.16. The minimum absolute atomic E-state index is 0.974. The molecule has 0 bridgehead atoms. The molecule has 1 aromatic carbocycles. The number of rotatable bonds is 7. The average molecular weight is 323 g/mol. The molecule has 0 radical (unpaired) electrons. The van der Waals surface area contributed by atoms with E-state index in [0.717, 1.165) is 39.1 Å². The van der Waals surface area contributed by atoms with E-state index in [0.29, 0.717) is 0 Å². The summed E-state index contributed by atoms with van der Waals surface area (Å²) in [6, 6.07) is 13.0. The Morgan fingerprint density at radius 3 is 2.79 bits per heavy atom. The molecule has 0 N–H and O–H groups in total. The lowest BCUT2D eigenvalue weighted by atomic mass is 9.98. The monoisotopic (exact) mass is 323 g/mol. The Morgan fingerprint density at radius 1 is 1.17 bits per heavy atom. The van der Waals surface area contributed by atoms with Crippen LogP contribution in [-0.4, -0.2) is 34.9 Å². The SMILES string of the molecule is CCCCN(C)Cc1nccc2c1CCN(Cc1ccccc1)C2. The van der Waals surface area contributed by atoms with E-state index in [4.69, 9.17) is 0 Å². The highest BCUT2D eigenvalue weighted by molar-refractivity contribution is 5.32. The Balaban J connectivity index is 1.66. The molecule has 0 unspecified atom stereocenters. The van der Waals surface area contributed by atoms with Crippen LogP contribution in [0.15, 0.2) is 42.6 Å².